The first-order valence-corrected chi connectivity index (χ1v) is 11.0. The number of nitrogens with zero attached hydrogens (tertiary/aromatic N) is 3. The summed E-state index contributed by atoms with van der Waals surface area (Å²) in [4.78, 5) is 25.0. The van der Waals surface area contributed by atoms with Crippen molar-refractivity contribution in [2.75, 3.05) is 12.4 Å². The minimum absolute atomic E-state index is 0.00314. The molecule has 1 saturated carbocycles. The zero-order valence-corrected chi connectivity index (χ0v) is 19.7. The molecule has 10 heteroatoms. The van der Waals surface area contributed by atoms with Crippen LogP contribution in [0, 0.1) is 5.82 Å². The number of fused-ring (bicyclic) bond motifs is 1. The Kier molecular flexibility index (Phi) is 5.83. The van der Waals surface area contributed by atoms with E-state index in [9.17, 15) is 9.59 Å². The highest BCUT2D eigenvalue weighted by atomic mass is 19.3. The van der Waals surface area contributed by atoms with E-state index in [1.54, 1.807) is 17.7 Å². The molecule has 1 unspecified atom stereocenters. The van der Waals surface area contributed by atoms with E-state index < -0.39 is 34.5 Å². The summed E-state index contributed by atoms with van der Waals surface area (Å²) in [5.41, 5.74) is -3.41. The van der Waals surface area contributed by atoms with Gasteiger partial charge in [0.2, 0.25) is 0 Å². The van der Waals surface area contributed by atoms with Crippen molar-refractivity contribution in [2.45, 2.75) is 57.2 Å². The Bertz CT molecular complexity index is 1380. The second-order valence-corrected chi connectivity index (χ2v) is 9.22. The van der Waals surface area contributed by atoms with Gasteiger partial charge in [-0.25, -0.2) is 9.07 Å². The number of pyridine rings is 1. The van der Waals surface area contributed by atoms with E-state index in [1.807, 2.05) is 0 Å². The lowest BCUT2D eigenvalue weighted by molar-refractivity contribution is -0.186. The van der Waals surface area contributed by atoms with E-state index in [0.717, 1.165) is 30.7 Å². The summed E-state index contributed by atoms with van der Waals surface area (Å²) in [5, 5.41) is 7.89. The molecule has 0 radical (unpaired) electrons. The quantitative estimate of drug-likeness (QED) is 0.552. The first-order valence-electron chi connectivity index (χ1n) is 11.0. The molecule has 7 nitrogen and oxygen atoms in total. The molecule has 1 fully saturated rings. The molecule has 1 aliphatic rings. The fraction of sp³-hybridized carbons (Fsp3) is 0.458. The van der Waals surface area contributed by atoms with E-state index in [4.69, 9.17) is 4.74 Å². The molecule has 0 bridgehead atoms. The van der Waals surface area contributed by atoms with Crippen LogP contribution in [0.1, 0.15) is 56.8 Å². The molecular weight excluding hydrogens is 449 g/mol. The predicted molar refractivity (Wildman–Crippen MR) is 123 cm³/mol. The maximum Gasteiger partial charge on any atom is 0.303 e. The normalized spacial score (nSPS) is 15.5. The summed E-state index contributed by atoms with van der Waals surface area (Å²) in [6.45, 7) is 4.00. The first kappa shape index (κ1) is 24.0. The Balaban J connectivity index is 1.78. The first-order chi connectivity index (χ1) is 15.9. The SMILES string of the molecule is COC(C)(C)C(F)(F)c1cccc(C(C)Nc2nn(C)c(=O)c3cc(=O)n(C4CC4)cc23)c1F. The van der Waals surface area contributed by atoms with Gasteiger partial charge in [-0.2, -0.15) is 13.9 Å². The van der Waals surface area contributed by atoms with Crippen molar-refractivity contribution in [1.82, 2.24) is 14.3 Å². The van der Waals surface area contributed by atoms with Crippen molar-refractivity contribution < 1.29 is 17.9 Å². The van der Waals surface area contributed by atoms with Gasteiger partial charge in [0.15, 0.2) is 5.82 Å². The fourth-order valence-corrected chi connectivity index (χ4v) is 3.94. The highest BCUT2D eigenvalue weighted by Crippen LogP contribution is 2.43. The number of halogens is 3. The van der Waals surface area contributed by atoms with E-state index in [-0.39, 0.29) is 28.4 Å². The van der Waals surface area contributed by atoms with Gasteiger partial charge < -0.3 is 14.6 Å². The van der Waals surface area contributed by atoms with Gasteiger partial charge in [-0.15, -0.1) is 0 Å². The van der Waals surface area contributed by atoms with Crippen LogP contribution in [0.3, 0.4) is 0 Å². The number of alkyl halides is 2. The molecule has 0 aliphatic heterocycles. The van der Waals surface area contributed by atoms with Gasteiger partial charge in [0.05, 0.1) is 17.0 Å². The largest absolute Gasteiger partial charge is 0.372 e. The van der Waals surface area contributed by atoms with Crippen LogP contribution >= 0.6 is 0 Å². The maximum atomic E-state index is 15.4. The molecule has 0 spiro atoms. The zero-order chi connectivity index (χ0) is 25.0. The Morgan fingerprint density at radius 2 is 1.88 bits per heavy atom. The molecule has 2 aromatic heterocycles. The summed E-state index contributed by atoms with van der Waals surface area (Å²) in [6.07, 6.45) is 3.32. The van der Waals surface area contributed by atoms with Gasteiger partial charge in [0, 0.05) is 43.4 Å². The molecule has 1 atom stereocenters. The summed E-state index contributed by atoms with van der Waals surface area (Å²) < 4.78 is 53.1. The molecule has 3 aromatic rings. The summed E-state index contributed by atoms with van der Waals surface area (Å²) in [6, 6.07) is 4.39. The molecule has 0 amide bonds. The third-order valence-electron chi connectivity index (χ3n) is 6.50. The standard InChI is InChI=1S/C24H27F3N4O3/c1-13(15-7-6-8-18(20(15)25)24(26,27)23(2,3)34-5)28-21-17-12-31(14-9-10-14)19(32)11-16(17)22(33)30(4)29-21/h6-8,11-14H,9-10H2,1-5H3,(H,28,29). The van der Waals surface area contributed by atoms with Crippen LogP contribution in [-0.4, -0.2) is 27.1 Å². The van der Waals surface area contributed by atoms with Crippen molar-refractivity contribution in [1.29, 1.82) is 0 Å². The highest BCUT2D eigenvalue weighted by Gasteiger charge is 2.50. The minimum Gasteiger partial charge on any atom is -0.372 e. The highest BCUT2D eigenvalue weighted by molar-refractivity contribution is 5.90. The monoisotopic (exact) mass is 476 g/mol. The molecule has 1 aliphatic carbocycles. The second-order valence-electron chi connectivity index (χ2n) is 9.22. The molecule has 1 N–H and O–H groups in total. The topological polar surface area (TPSA) is 78.2 Å². The predicted octanol–water partition coefficient (Wildman–Crippen LogP) is 4.26. The molecule has 4 rings (SSSR count). The number of hydrogen-bond acceptors (Lipinski definition) is 5. The summed E-state index contributed by atoms with van der Waals surface area (Å²) >= 11 is 0. The Labute approximate surface area is 194 Å². The van der Waals surface area contributed by atoms with Gasteiger partial charge in [-0.3, -0.25) is 9.59 Å². The van der Waals surface area contributed by atoms with Gasteiger partial charge in [0.25, 0.3) is 11.1 Å². The van der Waals surface area contributed by atoms with Gasteiger partial charge in [-0.1, -0.05) is 12.1 Å². The van der Waals surface area contributed by atoms with Crippen molar-refractivity contribution in [2.24, 2.45) is 7.05 Å². The molecule has 0 saturated heterocycles. The molecule has 2 heterocycles. The van der Waals surface area contributed by atoms with E-state index in [0.29, 0.717) is 5.39 Å². The fourth-order valence-electron chi connectivity index (χ4n) is 3.94. The Hall–Kier alpha value is -3.14. The minimum atomic E-state index is -3.59. The van der Waals surface area contributed by atoms with E-state index >= 15 is 13.2 Å². The number of methoxy groups -OCH3 is 1. The molecule has 1 aromatic carbocycles. The number of hydrogen-bond donors (Lipinski definition) is 1. The van der Waals surface area contributed by atoms with Crippen LogP contribution in [0.4, 0.5) is 19.0 Å². The van der Waals surface area contributed by atoms with Gasteiger partial charge in [0.1, 0.15) is 11.4 Å². The Morgan fingerprint density at radius 1 is 1.21 bits per heavy atom. The van der Waals surface area contributed by atoms with Crippen LogP contribution in [0.15, 0.2) is 40.1 Å². The zero-order valence-electron chi connectivity index (χ0n) is 19.7. The maximum absolute atomic E-state index is 15.4. The van der Waals surface area contributed by atoms with Crippen LogP contribution in [0.5, 0.6) is 0 Å². The number of ether oxygens (including phenoxy) is 1. The van der Waals surface area contributed by atoms with Crippen LogP contribution in [0.25, 0.3) is 10.8 Å². The van der Waals surface area contributed by atoms with E-state index in [1.165, 1.54) is 39.1 Å². The lowest BCUT2D eigenvalue weighted by Crippen LogP contribution is -2.43. The van der Waals surface area contributed by atoms with Crippen LogP contribution in [0.2, 0.25) is 0 Å². The third-order valence-corrected chi connectivity index (χ3v) is 6.50. The summed E-state index contributed by atoms with van der Waals surface area (Å²) in [5.74, 6) is -4.40. The van der Waals surface area contributed by atoms with Crippen LogP contribution in [-0.2, 0) is 17.7 Å². The van der Waals surface area contributed by atoms with E-state index in [2.05, 4.69) is 10.4 Å². The molecule has 182 valence electrons. The smallest absolute Gasteiger partial charge is 0.303 e. The average Bonchev–Trinajstić information content (AvgIpc) is 3.62. The molecule has 34 heavy (non-hydrogen) atoms. The molecular formula is C24H27F3N4O3. The lowest BCUT2D eigenvalue weighted by Gasteiger charge is -2.33. The number of nitrogens with one attached hydrogen (secondary N) is 1. The van der Waals surface area contributed by atoms with Gasteiger partial charge >= 0.3 is 5.92 Å². The second kappa shape index (κ2) is 8.26. The third kappa shape index (κ3) is 3.89. The van der Waals surface area contributed by atoms with Crippen LogP contribution < -0.4 is 16.4 Å². The van der Waals surface area contributed by atoms with Crippen molar-refractivity contribution >= 4 is 16.6 Å². The number of aromatic nitrogens is 3. The number of aryl methyl sites for hydroxylation is 1. The number of rotatable bonds is 7. The van der Waals surface area contributed by atoms with Crippen molar-refractivity contribution in [3.63, 3.8) is 0 Å². The van der Waals surface area contributed by atoms with Crippen molar-refractivity contribution in [3.8, 4) is 0 Å². The number of benzene rings is 1. The lowest BCUT2D eigenvalue weighted by atomic mass is 9.90. The average molecular weight is 476 g/mol. The van der Waals surface area contributed by atoms with Crippen molar-refractivity contribution in [3.05, 3.63) is 68.1 Å². The number of anilines is 1. The van der Waals surface area contributed by atoms with Gasteiger partial charge in [-0.05, 0) is 39.7 Å². The summed E-state index contributed by atoms with van der Waals surface area (Å²) in [7, 11) is 2.59. The Morgan fingerprint density at radius 3 is 2.50 bits per heavy atom.